The van der Waals surface area contributed by atoms with Crippen molar-refractivity contribution in [3.05, 3.63) is 24.3 Å². The highest BCUT2D eigenvalue weighted by molar-refractivity contribution is 7.90. The highest BCUT2D eigenvalue weighted by Gasteiger charge is 2.29. The first-order chi connectivity index (χ1) is 12.8. The molecule has 7 heteroatoms. The highest BCUT2D eigenvalue weighted by atomic mass is 32.2. The van der Waals surface area contributed by atoms with Crippen molar-refractivity contribution >= 4 is 21.6 Å². The maximum absolute atomic E-state index is 12.6. The standard InChI is InChI=1S/C20H30N2O4S/c1-14(2)27(24,25)22-17-10-8-16(9-11-17)20(23)21-18-4-3-5-19(12-18)26-13-15-6-7-15/h3-5,12,14-17,22H,6-11,13H2,1-2H3,(H,21,23)/t16-,17-. The SMILES string of the molecule is CC(C)S(=O)(=O)N[C@H]1CC[C@H](C(=O)Nc2cccc(OCC3CC3)c2)CC1. The number of sulfonamides is 1. The van der Waals surface area contributed by atoms with Crippen molar-refractivity contribution < 1.29 is 17.9 Å². The first kappa shape index (κ1) is 20.1. The van der Waals surface area contributed by atoms with Crippen LogP contribution in [0, 0.1) is 11.8 Å². The fourth-order valence-electron chi connectivity index (χ4n) is 3.25. The molecule has 2 fully saturated rings. The third kappa shape index (κ3) is 5.94. The van der Waals surface area contributed by atoms with Gasteiger partial charge in [-0.1, -0.05) is 6.07 Å². The van der Waals surface area contributed by atoms with Gasteiger partial charge in [-0.2, -0.15) is 0 Å². The van der Waals surface area contributed by atoms with E-state index >= 15 is 0 Å². The summed E-state index contributed by atoms with van der Waals surface area (Å²) in [5.74, 6) is 1.39. The van der Waals surface area contributed by atoms with Crippen LogP contribution < -0.4 is 14.8 Å². The lowest BCUT2D eigenvalue weighted by atomic mass is 9.86. The Balaban J connectivity index is 1.47. The van der Waals surface area contributed by atoms with Crippen LogP contribution in [0.15, 0.2) is 24.3 Å². The lowest BCUT2D eigenvalue weighted by Crippen LogP contribution is -2.42. The molecule has 0 unspecified atom stereocenters. The van der Waals surface area contributed by atoms with Crippen LogP contribution in [-0.4, -0.2) is 32.2 Å². The van der Waals surface area contributed by atoms with E-state index in [0.717, 1.165) is 18.0 Å². The number of carbonyl (C=O) groups excluding carboxylic acids is 1. The second kappa shape index (κ2) is 8.61. The summed E-state index contributed by atoms with van der Waals surface area (Å²) >= 11 is 0. The molecule has 0 bridgehead atoms. The van der Waals surface area contributed by atoms with Crippen LogP contribution in [0.3, 0.4) is 0 Å². The van der Waals surface area contributed by atoms with Gasteiger partial charge >= 0.3 is 0 Å². The molecule has 0 saturated heterocycles. The topological polar surface area (TPSA) is 84.5 Å². The number of rotatable bonds is 8. The van der Waals surface area contributed by atoms with Gasteiger partial charge in [-0.3, -0.25) is 4.79 Å². The Morgan fingerprint density at radius 1 is 1.15 bits per heavy atom. The Morgan fingerprint density at radius 2 is 1.85 bits per heavy atom. The zero-order valence-corrected chi connectivity index (χ0v) is 16.9. The number of carbonyl (C=O) groups is 1. The molecule has 0 spiro atoms. The number of anilines is 1. The predicted octanol–water partition coefficient (Wildman–Crippen LogP) is 3.30. The normalized spacial score (nSPS) is 23.2. The molecule has 1 aromatic rings. The molecule has 2 saturated carbocycles. The molecule has 0 radical (unpaired) electrons. The van der Waals surface area contributed by atoms with Crippen LogP contribution in [0.25, 0.3) is 0 Å². The number of amides is 1. The average Bonchev–Trinajstić information content (AvgIpc) is 3.45. The highest BCUT2D eigenvalue weighted by Crippen LogP contribution is 2.30. The maximum atomic E-state index is 12.6. The monoisotopic (exact) mass is 394 g/mol. The lowest BCUT2D eigenvalue weighted by molar-refractivity contribution is -0.120. The van der Waals surface area contributed by atoms with E-state index in [1.165, 1.54) is 12.8 Å². The van der Waals surface area contributed by atoms with Gasteiger partial charge in [0.1, 0.15) is 5.75 Å². The molecular formula is C20H30N2O4S. The van der Waals surface area contributed by atoms with E-state index in [0.29, 0.717) is 31.6 Å². The van der Waals surface area contributed by atoms with Crippen molar-refractivity contribution in [2.75, 3.05) is 11.9 Å². The number of ether oxygens (including phenoxy) is 1. The quantitative estimate of drug-likeness (QED) is 0.708. The van der Waals surface area contributed by atoms with Gasteiger partial charge < -0.3 is 10.1 Å². The molecule has 0 heterocycles. The van der Waals surface area contributed by atoms with E-state index in [9.17, 15) is 13.2 Å². The Kier molecular flexibility index (Phi) is 6.42. The van der Waals surface area contributed by atoms with E-state index in [-0.39, 0.29) is 17.9 Å². The van der Waals surface area contributed by atoms with Gasteiger partial charge in [-0.05, 0) is 70.4 Å². The van der Waals surface area contributed by atoms with Gasteiger partial charge in [-0.25, -0.2) is 13.1 Å². The minimum absolute atomic E-state index is 0.000454. The first-order valence-corrected chi connectivity index (χ1v) is 11.4. The van der Waals surface area contributed by atoms with Crippen molar-refractivity contribution in [3.8, 4) is 5.75 Å². The Hall–Kier alpha value is -1.60. The average molecular weight is 395 g/mol. The maximum Gasteiger partial charge on any atom is 0.227 e. The predicted molar refractivity (Wildman–Crippen MR) is 106 cm³/mol. The summed E-state index contributed by atoms with van der Waals surface area (Å²) in [7, 11) is -3.26. The molecule has 3 rings (SSSR count). The van der Waals surface area contributed by atoms with Crippen molar-refractivity contribution in [2.45, 2.75) is 63.7 Å². The summed E-state index contributed by atoms with van der Waals surface area (Å²) in [6, 6.07) is 7.45. The smallest absolute Gasteiger partial charge is 0.227 e. The molecule has 1 aromatic carbocycles. The second-order valence-electron chi connectivity index (χ2n) is 8.03. The Labute approximate surface area is 162 Å². The zero-order valence-electron chi connectivity index (χ0n) is 16.1. The minimum Gasteiger partial charge on any atom is -0.493 e. The summed E-state index contributed by atoms with van der Waals surface area (Å²) in [5.41, 5.74) is 0.746. The molecule has 2 N–H and O–H groups in total. The lowest BCUT2D eigenvalue weighted by Gasteiger charge is -2.28. The number of benzene rings is 1. The number of nitrogens with one attached hydrogen (secondary N) is 2. The van der Waals surface area contributed by atoms with E-state index in [1.807, 2.05) is 24.3 Å². The molecule has 0 aromatic heterocycles. The summed E-state index contributed by atoms with van der Waals surface area (Å²) in [6.45, 7) is 4.08. The van der Waals surface area contributed by atoms with Crippen LogP contribution in [0.1, 0.15) is 52.4 Å². The van der Waals surface area contributed by atoms with Crippen LogP contribution in [0.5, 0.6) is 5.75 Å². The van der Waals surface area contributed by atoms with Crippen molar-refractivity contribution in [2.24, 2.45) is 11.8 Å². The van der Waals surface area contributed by atoms with Gasteiger partial charge in [0.15, 0.2) is 0 Å². The third-order valence-corrected chi connectivity index (χ3v) is 7.24. The van der Waals surface area contributed by atoms with Crippen LogP contribution in [0.2, 0.25) is 0 Å². The van der Waals surface area contributed by atoms with Crippen molar-refractivity contribution in [1.29, 1.82) is 0 Å². The molecule has 150 valence electrons. The summed E-state index contributed by atoms with van der Waals surface area (Å²) < 4.78 is 32.5. The second-order valence-corrected chi connectivity index (χ2v) is 10.3. The largest absolute Gasteiger partial charge is 0.493 e. The van der Waals surface area contributed by atoms with E-state index in [2.05, 4.69) is 10.0 Å². The van der Waals surface area contributed by atoms with E-state index in [1.54, 1.807) is 13.8 Å². The molecule has 6 nitrogen and oxygen atoms in total. The fraction of sp³-hybridized carbons (Fsp3) is 0.650. The van der Waals surface area contributed by atoms with Crippen molar-refractivity contribution in [3.63, 3.8) is 0 Å². The minimum atomic E-state index is -3.26. The fourth-order valence-corrected chi connectivity index (χ4v) is 4.22. The molecule has 2 aliphatic rings. The molecule has 1 amide bonds. The van der Waals surface area contributed by atoms with Gasteiger partial charge in [-0.15, -0.1) is 0 Å². The molecular weight excluding hydrogens is 364 g/mol. The molecule has 2 aliphatic carbocycles. The van der Waals surface area contributed by atoms with Gasteiger partial charge in [0, 0.05) is 23.7 Å². The van der Waals surface area contributed by atoms with Gasteiger partial charge in [0.2, 0.25) is 15.9 Å². The number of hydrogen-bond acceptors (Lipinski definition) is 4. The Morgan fingerprint density at radius 3 is 2.48 bits per heavy atom. The summed E-state index contributed by atoms with van der Waals surface area (Å²) in [5, 5.41) is 2.54. The van der Waals surface area contributed by atoms with E-state index in [4.69, 9.17) is 4.74 Å². The van der Waals surface area contributed by atoms with Crippen molar-refractivity contribution in [1.82, 2.24) is 4.72 Å². The third-order valence-electron chi connectivity index (χ3n) is 5.33. The van der Waals surface area contributed by atoms with Crippen LogP contribution >= 0.6 is 0 Å². The first-order valence-electron chi connectivity index (χ1n) is 9.88. The Bertz CT molecular complexity index is 751. The van der Waals surface area contributed by atoms with Crippen LogP contribution in [-0.2, 0) is 14.8 Å². The van der Waals surface area contributed by atoms with Gasteiger partial charge in [0.05, 0.1) is 11.9 Å². The van der Waals surface area contributed by atoms with Gasteiger partial charge in [0.25, 0.3) is 0 Å². The molecule has 27 heavy (non-hydrogen) atoms. The van der Waals surface area contributed by atoms with E-state index < -0.39 is 15.3 Å². The molecule has 0 atom stereocenters. The summed E-state index contributed by atoms with van der Waals surface area (Å²) in [4.78, 5) is 12.6. The zero-order chi connectivity index (χ0) is 19.4. The summed E-state index contributed by atoms with van der Waals surface area (Å²) in [6.07, 6.45) is 5.24. The van der Waals surface area contributed by atoms with Crippen LogP contribution in [0.4, 0.5) is 5.69 Å². The number of hydrogen-bond donors (Lipinski definition) is 2. The molecule has 0 aliphatic heterocycles.